The molecule has 3 aromatic heterocycles. The molecule has 0 fully saturated rings. The molecule has 680 valence electrons. The molecular weight excluding hydrogens is 1750 g/mol. The molecule has 0 saturated carbocycles. The van der Waals surface area contributed by atoms with Gasteiger partial charge in [0.15, 0.2) is 0 Å². The Morgan fingerprint density at radius 3 is 0.389 bits per heavy atom. The Labute approximate surface area is 837 Å². The molecule has 26 rings (SSSR count). The van der Waals surface area contributed by atoms with Crippen molar-refractivity contribution in [3.05, 3.63) is 576 Å². The van der Waals surface area contributed by atoms with E-state index in [2.05, 4.69) is 567 Å². The van der Waals surface area contributed by atoms with Gasteiger partial charge in [0.1, 0.15) is 33.5 Å². The minimum Gasteiger partial charge on any atom is -0.456 e. The van der Waals surface area contributed by atoms with Gasteiger partial charge in [0.2, 0.25) is 0 Å². The quantitative estimate of drug-likeness (QED) is 0.0758. The largest absolute Gasteiger partial charge is 0.456 e. The first kappa shape index (κ1) is 87.6. The first-order valence-electron chi connectivity index (χ1n) is 48.9. The number of benzene rings is 23. The van der Waals surface area contributed by atoms with Gasteiger partial charge in [0.25, 0.3) is 0 Å². The van der Waals surface area contributed by atoms with Gasteiger partial charge in [-0.2, -0.15) is 0 Å². The van der Waals surface area contributed by atoms with Crippen molar-refractivity contribution in [1.82, 2.24) is 0 Å². The maximum Gasteiger partial charge on any atom is 0.135 e. The van der Waals surface area contributed by atoms with E-state index >= 15 is 0 Å². The van der Waals surface area contributed by atoms with E-state index in [1.165, 1.54) is 111 Å². The standard InChI is InChI=1S/2C48H33NO.C42H29NO/c1-4-10-34(11-5-1)37-16-24-42(25-17-37)49(43-26-18-38(19-27-43)35-12-6-2-7-13-35)44-28-20-39(21-29-44)41-23-31-48-46(33-41)45-32-40(22-30-47(45)50-48)36-14-8-3-9-15-36;1-3-9-34(10-4-1)37-19-26-42(27-20-37)49(43-28-21-38(22-29-43)35-11-5-2-6-12-35)44-30-23-39(24-31-44)36-15-17-40(18-16-36)41-25-32-48-46(33-41)45-13-7-8-14-47(45)50-48;1-3-9-30(10-4-1)32-15-22-36(23-16-32)43(37-24-17-33(18-25-37)31-11-5-2-6-12-31)38-26-19-34(20-27-38)35-21-28-42-40(29-35)39-13-7-8-14-41(39)44-42/h2*1-33H;1-29H. The van der Waals surface area contributed by atoms with Crippen LogP contribution < -0.4 is 14.7 Å². The van der Waals surface area contributed by atoms with Gasteiger partial charge in [-0.05, 0) is 292 Å². The third-order valence-corrected chi connectivity index (χ3v) is 27.3. The zero-order valence-electron chi connectivity index (χ0n) is 78.9. The lowest BCUT2D eigenvalue weighted by Crippen LogP contribution is -2.09. The fourth-order valence-electron chi connectivity index (χ4n) is 19.8. The van der Waals surface area contributed by atoms with Crippen LogP contribution in [-0.4, -0.2) is 0 Å². The Morgan fingerprint density at radius 2 is 0.208 bits per heavy atom. The highest BCUT2D eigenvalue weighted by molar-refractivity contribution is 6.10. The zero-order chi connectivity index (χ0) is 95.9. The van der Waals surface area contributed by atoms with Crippen molar-refractivity contribution in [2.75, 3.05) is 14.7 Å². The highest BCUT2D eigenvalue weighted by Crippen LogP contribution is 2.46. The van der Waals surface area contributed by atoms with Crippen molar-refractivity contribution in [2.24, 2.45) is 0 Å². The van der Waals surface area contributed by atoms with Gasteiger partial charge in [-0.25, -0.2) is 0 Å². The van der Waals surface area contributed by atoms with Crippen LogP contribution in [0.4, 0.5) is 51.2 Å². The molecule has 0 saturated heterocycles. The number of para-hydroxylation sites is 2. The fourth-order valence-corrected chi connectivity index (χ4v) is 19.8. The van der Waals surface area contributed by atoms with E-state index in [0.717, 1.165) is 128 Å². The van der Waals surface area contributed by atoms with Crippen molar-refractivity contribution in [3.63, 3.8) is 0 Å². The molecule has 0 amide bonds. The first-order valence-corrected chi connectivity index (χ1v) is 48.9. The van der Waals surface area contributed by atoms with Gasteiger partial charge in [-0.3, -0.25) is 0 Å². The van der Waals surface area contributed by atoms with Crippen LogP contribution in [0.1, 0.15) is 0 Å². The van der Waals surface area contributed by atoms with Gasteiger partial charge in [0, 0.05) is 83.5 Å². The Hall–Kier alpha value is -19.1. The van der Waals surface area contributed by atoms with Gasteiger partial charge in [-0.1, -0.05) is 406 Å². The van der Waals surface area contributed by atoms with Gasteiger partial charge >= 0.3 is 0 Å². The fraction of sp³-hybridized carbons (Fsp3) is 0. The first-order chi connectivity index (χ1) is 71.3. The Morgan fingerprint density at radius 1 is 0.0903 bits per heavy atom. The zero-order valence-corrected chi connectivity index (χ0v) is 78.9. The number of nitrogens with zero attached hydrogens (tertiary/aromatic N) is 3. The van der Waals surface area contributed by atoms with Gasteiger partial charge < -0.3 is 28.0 Å². The maximum absolute atomic E-state index is 6.25. The summed E-state index contributed by atoms with van der Waals surface area (Å²) in [6.45, 7) is 0. The van der Waals surface area contributed by atoms with Crippen LogP contribution in [0, 0.1) is 0 Å². The summed E-state index contributed by atoms with van der Waals surface area (Å²) in [5.41, 5.74) is 41.6. The predicted octanol–water partition coefficient (Wildman–Crippen LogP) is 39.5. The summed E-state index contributed by atoms with van der Waals surface area (Å²) < 4.78 is 18.4. The van der Waals surface area contributed by atoms with Crippen LogP contribution in [0.25, 0.3) is 188 Å². The van der Waals surface area contributed by atoms with Crippen LogP contribution in [0.2, 0.25) is 0 Å². The minimum absolute atomic E-state index is 0.898. The van der Waals surface area contributed by atoms with Crippen LogP contribution in [0.5, 0.6) is 0 Å². The summed E-state index contributed by atoms with van der Waals surface area (Å²) >= 11 is 0. The minimum atomic E-state index is 0.898. The Kier molecular flexibility index (Phi) is 24.2. The smallest absolute Gasteiger partial charge is 0.135 e. The van der Waals surface area contributed by atoms with E-state index in [4.69, 9.17) is 13.3 Å². The van der Waals surface area contributed by atoms with Crippen molar-refractivity contribution in [3.8, 4) is 122 Å². The second-order valence-electron chi connectivity index (χ2n) is 36.2. The topological polar surface area (TPSA) is 49.1 Å². The molecule has 0 bridgehead atoms. The molecule has 0 atom stereocenters. The summed E-state index contributed by atoms with van der Waals surface area (Å²) in [6, 6.07) is 204. The van der Waals surface area contributed by atoms with Crippen LogP contribution in [-0.2, 0) is 0 Å². The molecule has 3 heterocycles. The average molecular weight is 1840 g/mol. The van der Waals surface area contributed by atoms with E-state index in [0.29, 0.717) is 0 Å². The number of fused-ring (bicyclic) bond motifs is 9. The van der Waals surface area contributed by atoms with Crippen LogP contribution in [0.15, 0.2) is 590 Å². The molecule has 0 spiro atoms. The van der Waals surface area contributed by atoms with Crippen LogP contribution >= 0.6 is 0 Å². The number of rotatable bonds is 20. The Bertz CT molecular complexity index is 8670. The van der Waals surface area contributed by atoms with Crippen molar-refractivity contribution in [2.45, 2.75) is 0 Å². The average Bonchev–Trinajstić information content (AvgIpc) is 1.53. The molecule has 0 N–H and O–H groups in total. The number of anilines is 9. The lowest BCUT2D eigenvalue weighted by Gasteiger charge is -2.26. The van der Waals surface area contributed by atoms with E-state index in [1.807, 2.05) is 24.3 Å². The monoisotopic (exact) mass is 1840 g/mol. The van der Waals surface area contributed by atoms with E-state index in [-0.39, 0.29) is 0 Å². The molecule has 0 aliphatic heterocycles. The number of hydrogen-bond acceptors (Lipinski definition) is 6. The van der Waals surface area contributed by atoms with E-state index in [9.17, 15) is 0 Å². The maximum atomic E-state index is 6.25. The SMILES string of the molecule is c1ccc(-c2ccc(N(c3ccc(-c4ccccc4)cc3)c3ccc(-c4ccc(-c5ccc6oc7ccccc7c6c5)cc4)cc3)cc2)cc1.c1ccc(-c2ccc(N(c3ccc(-c4ccccc4)cc3)c3ccc(-c4ccc5oc6ccc(-c7ccccc7)cc6c5c4)cc3)cc2)cc1.c1ccc(-c2ccc(N(c3ccc(-c4ccccc4)cc3)c3ccc(-c4ccc5oc6ccccc6c5c4)cc3)cc2)cc1. The van der Waals surface area contributed by atoms with E-state index in [1.54, 1.807) is 0 Å². The lowest BCUT2D eigenvalue weighted by molar-refractivity contribution is 0.668. The summed E-state index contributed by atoms with van der Waals surface area (Å²) in [4.78, 5) is 6.97. The normalized spacial score (nSPS) is 11.2. The lowest BCUT2D eigenvalue weighted by atomic mass is 9.98. The Balaban J connectivity index is 0.000000117. The second kappa shape index (κ2) is 39.8. The van der Waals surface area contributed by atoms with Crippen molar-refractivity contribution >= 4 is 117 Å². The molecule has 26 aromatic rings. The summed E-state index contributed by atoms with van der Waals surface area (Å²) in [5.74, 6) is 0. The summed E-state index contributed by atoms with van der Waals surface area (Å²) in [7, 11) is 0. The third-order valence-electron chi connectivity index (χ3n) is 27.3. The number of hydrogen-bond donors (Lipinski definition) is 0. The second-order valence-corrected chi connectivity index (χ2v) is 36.2. The van der Waals surface area contributed by atoms with E-state index < -0.39 is 0 Å². The molecule has 6 heteroatoms. The molecule has 0 unspecified atom stereocenters. The van der Waals surface area contributed by atoms with Gasteiger partial charge in [0.05, 0.1) is 0 Å². The molecule has 23 aromatic carbocycles. The molecule has 0 aliphatic rings. The molecule has 6 nitrogen and oxygen atoms in total. The summed E-state index contributed by atoms with van der Waals surface area (Å²) in [5, 5.41) is 6.83. The summed E-state index contributed by atoms with van der Waals surface area (Å²) in [6.07, 6.45) is 0. The molecule has 0 radical (unpaired) electrons. The highest BCUT2D eigenvalue weighted by Gasteiger charge is 2.22. The highest BCUT2D eigenvalue weighted by atomic mass is 16.3. The molecule has 144 heavy (non-hydrogen) atoms. The van der Waals surface area contributed by atoms with Crippen molar-refractivity contribution < 1.29 is 13.3 Å². The predicted molar refractivity (Wildman–Crippen MR) is 605 cm³/mol. The molecular formula is C138H95N3O3. The van der Waals surface area contributed by atoms with Gasteiger partial charge in [-0.15, -0.1) is 0 Å². The third kappa shape index (κ3) is 18.4. The van der Waals surface area contributed by atoms with Crippen LogP contribution in [0.3, 0.4) is 0 Å². The van der Waals surface area contributed by atoms with Crippen molar-refractivity contribution in [1.29, 1.82) is 0 Å². The molecule has 0 aliphatic carbocycles. The number of furan rings is 3.